The lowest BCUT2D eigenvalue weighted by Gasteiger charge is -2.34. The average Bonchev–Trinajstić information content (AvgIpc) is 2.29. The van der Waals surface area contributed by atoms with Crippen LogP contribution in [-0.4, -0.2) is 43.2 Å². The van der Waals surface area contributed by atoms with Gasteiger partial charge in [0, 0.05) is 31.9 Å². The zero-order valence-corrected chi connectivity index (χ0v) is 9.49. The van der Waals surface area contributed by atoms with Gasteiger partial charge in [-0.15, -0.1) is 0 Å². The molecule has 88 valence electrons. The van der Waals surface area contributed by atoms with Crippen molar-refractivity contribution >= 4 is 5.69 Å². The number of piperazine rings is 1. The molecule has 1 aromatic rings. The summed E-state index contributed by atoms with van der Waals surface area (Å²) in [5, 5.41) is 9.03. The highest BCUT2D eigenvalue weighted by molar-refractivity contribution is 5.49. The highest BCUT2D eigenvalue weighted by Gasteiger charge is 2.15. The molecule has 1 saturated heterocycles. The predicted octanol–water partition coefficient (Wildman–Crippen LogP) is 1.07. The van der Waals surface area contributed by atoms with Crippen LogP contribution in [0.2, 0.25) is 0 Å². The van der Waals surface area contributed by atoms with Crippen molar-refractivity contribution < 1.29 is 9.50 Å². The number of halogens is 1. The molecule has 0 saturated carbocycles. The third kappa shape index (κ3) is 2.51. The lowest BCUT2D eigenvalue weighted by Crippen LogP contribution is -2.44. The summed E-state index contributed by atoms with van der Waals surface area (Å²) in [6.45, 7) is 3.68. The number of rotatable bonds is 2. The molecule has 1 fully saturated rings. The van der Waals surface area contributed by atoms with Crippen molar-refractivity contribution in [2.75, 3.05) is 38.1 Å². The summed E-state index contributed by atoms with van der Waals surface area (Å²) in [6, 6.07) is 4.76. The van der Waals surface area contributed by atoms with Crippen LogP contribution in [0.15, 0.2) is 18.2 Å². The van der Waals surface area contributed by atoms with Gasteiger partial charge in [-0.1, -0.05) is 0 Å². The van der Waals surface area contributed by atoms with Gasteiger partial charge in [0.05, 0.1) is 6.61 Å². The highest BCUT2D eigenvalue weighted by Crippen LogP contribution is 2.20. The Bertz CT molecular complexity index is 362. The second-order valence-electron chi connectivity index (χ2n) is 4.27. The molecule has 1 N–H and O–H groups in total. The summed E-state index contributed by atoms with van der Waals surface area (Å²) in [5.41, 5.74) is 1.51. The van der Waals surface area contributed by atoms with E-state index in [0.717, 1.165) is 31.9 Å². The summed E-state index contributed by atoms with van der Waals surface area (Å²) in [6.07, 6.45) is 0. The Morgan fingerprint density at radius 2 is 1.88 bits per heavy atom. The van der Waals surface area contributed by atoms with Crippen LogP contribution in [0.1, 0.15) is 5.56 Å². The van der Waals surface area contributed by atoms with Gasteiger partial charge in [-0.25, -0.2) is 4.39 Å². The third-order valence-corrected chi connectivity index (χ3v) is 2.99. The van der Waals surface area contributed by atoms with Crippen LogP contribution < -0.4 is 4.90 Å². The molecule has 0 aliphatic carbocycles. The van der Waals surface area contributed by atoms with Gasteiger partial charge in [0.25, 0.3) is 0 Å². The van der Waals surface area contributed by atoms with E-state index in [1.54, 1.807) is 0 Å². The smallest absolute Gasteiger partial charge is 0.125 e. The zero-order chi connectivity index (χ0) is 11.5. The number of benzene rings is 1. The van der Waals surface area contributed by atoms with E-state index in [4.69, 9.17) is 5.11 Å². The normalized spacial score (nSPS) is 17.8. The van der Waals surface area contributed by atoms with E-state index < -0.39 is 0 Å². The molecule has 0 radical (unpaired) electrons. The molecule has 2 rings (SSSR count). The van der Waals surface area contributed by atoms with Gasteiger partial charge in [-0.05, 0) is 30.8 Å². The van der Waals surface area contributed by atoms with Gasteiger partial charge >= 0.3 is 0 Å². The molecule has 1 aliphatic heterocycles. The number of likely N-dealkylation sites (N-methyl/N-ethyl adjacent to an activating group) is 1. The number of hydrogen-bond donors (Lipinski definition) is 1. The van der Waals surface area contributed by atoms with Crippen molar-refractivity contribution in [2.45, 2.75) is 6.61 Å². The fourth-order valence-corrected chi connectivity index (χ4v) is 1.97. The predicted molar refractivity (Wildman–Crippen MR) is 62.0 cm³/mol. The molecule has 1 aliphatic rings. The molecule has 0 bridgehead atoms. The van der Waals surface area contributed by atoms with Crippen LogP contribution in [0.5, 0.6) is 0 Å². The molecular weight excluding hydrogens is 207 g/mol. The Balaban J connectivity index is 2.16. The molecule has 3 nitrogen and oxygen atoms in total. The Hall–Kier alpha value is -1.13. The minimum Gasteiger partial charge on any atom is -0.392 e. The van der Waals surface area contributed by atoms with Crippen LogP contribution in [0, 0.1) is 5.82 Å². The SMILES string of the molecule is CN1CCN(c2cc(F)cc(CO)c2)CC1. The topological polar surface area (TPSA) is 26.7 Å². The Morgan fingerprint density at radius 3 is 2.50 bits per heavy atom. The summed E-state index contributed by atoms with van der Waals surface area (Å²) >= 11 is 0. The second kappa shape index (κ2) is 4.80. The molecule has 0 unspecified atom stereocenters. The summed E-state index contributed by atoms with van der Waals surface area (Å²) < 4.78 is 13.3. The first-order valence-corrected chi connectivity index (χ1v) is 5.53. The first-order chi connectivity index (χ1) is 7.69. The van der Waals surface area contributed by atoms with E-state index >= 15 is 0 Å². The Kier molecular flexibility index (Phi) is 3.41. The number of aliphatic hydroxyl groups excluding tert-OH is 1. The Morgan fingerprint density at radius 1 is 1.19 bits per heavy atom. The van der Waals surface area contributed by atoms with E-state index in [-0.39, 0.29) is 12.4 Å². The maximum absolute atomic E-state index is 13.3. The van der Waals surface area contributed by atoms with Gasteiger partial charge < -0.3 is 14.9 Å². The third-order valence-electron chi connectivity index (χ3n) is 2.99. The molecule has 16 heavy (non-hydrogen) atoms. The van der Waals surface area contributed by atoms with Gasteiger partial charge in [-0.2, -0.15) is 0 Å². The van der Waals surface area contributed by atoms with Crippen molar-refractivity contribution in [2.24, 2.45) is 0 Å². The van der Waals surface area contributed by atoms with Crippen molar-refractivity contribution in [1.82, 2.24) is 4.90 Å². The average molecular weight is 224 g/mol. The number of hydrogen-bond acceptors (Lipinski definition) is 3. The van der Waals surface area contributed by atoms with Gasteiger partial charge in [0.1, 0.15) is 5.82 Å². The largest absolute Gasteiger partial charge is 0.392 e. The summed E-state index contributed by atoms with van der Waals surface area (Å²) in [4.78, 5) is 4.41. The maximum atomic E-state index is 13.3. The molecule has 1 aromatic carbocycles. The standard InChI is InChI=1S/C12H17FN2O/c1-14-2-4-15(5-3-14)12-7-10(9-16)6-11(13)8-12/h6-8,16H,2-5,9H2,1H3. The monoisotopic (exact) mass is 224 g/mol. The highest BCUT2D eigenvalue weighted by atomic mass is 19.1. The second-order valence-corrected chi connectivity index (χ2v) is 4.27. The van der Waals surface area contributed by atoms with Crippen molar-refractivity contribution in [3.8, 4) is 0 Å². The quantitative estimate of drug-likeness (QED) is 0.814. The molecular formula is C12H17FN2O. The van der Waals surface area contributed by atoms with Gasteiger partial charge in [0.2, 0.25) is 0 Å². The molecule has 1 heterocycles. The molecule has 0 spiro atoms. The minimum absolute atomic E-state index is 0.113. The number of aliphatic hydroxyl groups is 1. The van der Waals surface area contributed by atoms with Gasteiger partial charge in [-0.3, -0.25) is 0 Å². The van der Waals surface area contributed by atoms with Crippen molar-refractivity contribution in [3.63, 3.8) is 0 Å². The van der Waals surface area contributed by atoms with Crippen molar-refractivity contribution in [3.05, 3.63) is 29.6 Å². The van der Waals surface area contributed by atoms with E-state index in [9.17, 15) is 4.39 Å². The Labute approximate surface area is 95.1 Å². The molecule has 4 heteroatoms. The van der Waals surface area contributed by atoms with Crippen molar-refractivity contribution in [1.29, 1.82) is 0 Å². The van der Waals surface area contributed by atoms with Crippen LogP contribution in [0.4, 0.5) is 10.1 Å². The zero-order valence-electron chi connectivity index (χ0n) is 9.49. The molecule has 0 aromatic heterocycles. The minimum atomic E-state index is -0.277. The lowest BCUT2D eigenvalue weighted by atomic mass is 10.1. The van der Waals surface area contributed by atoms with E-state index in [1.165, 1.54) is 12.1 Å². The fraction of sp³-hybridized carbons (Fsp3) is 0.500. The van der Waals surface area contributed by atoms with Crippen LogP contribution >= 0.6 is 0 Å². The van der Waals surface area contributed by atoms with E-state index in [2.05, 4.69) is 16.8 Å². The number of anilines is 1. The van der Waals surface area contributed by atoms with Gasteiger partial charge in [0.15, 0.2) is 0 Å². The van der Waals surface area contributed by atoms with Crippen LogP contribution in [0.3, 0.4) is 0 Å². The lowest BCUT2D eigenvalue weighted by molar-refractivity contribution is 0.281. The maximum Gasteiger partial charge on any atom is 0.125 e. The van der Waals surface area contributed by atoms with Crippen LogP contribution in [-0.2, 0) is 6.61 Å². The first-order valence-electron chi connectivity index (χ1n) is 5.53. The summed E-state index contributed by atoms with van der Waals surface area (Å²) in [5.74, 6) is -0.277. The molecule has 0 atom stereocenters. The van der Waals surface area contributed by atoms with E-state index in [1.807, 2.05) is 6.07 Å². The van der Waals surface area contributed by atoms with E-state index in [0.29, 0.717) is 5.56 Å². The van der Waals surface area contributed by atoms with Crippen LogP contribution in [0.25, 0.3) is 0 Å². The number of nitrogens with zero attached hydrogens (tertiary/aromatic N) is 2. The molecule has 0 amide bonds. The fourth-order valence-electron chi connectivity index (χ4n) is 1.97. The summed E-state index contributed by atoms with van der Waals surface area (Å²) in [7, 11) is 2.09. The first kappa shape index (κ1) is 11.4.